The highest BCUT2D eigenvalue weighted by Crippen LogP contribution is 2.52. The summed E-state index contributed by atoms with van der Waals surface area (Å²) in [6.45, 7) is -0.371. The Balaban J connectivity index is 1.14. The molecule has 4 aliphatic heterocycles. The second-order valence-corrected chi connectivity index (χ2v) is 12.3. The number of fused-ring (bicyclic) bond motifs is 1. The van der Waals surface area contributed by atoms with Crippen molar-refractivity contribution in [2.45, 2.75) is 73.6 Å². The van der Waals surface area contributed by atoms with Crippen LogP contribution in [0, 0.1) is 11.8 Å². The van der Waals surface area contributed by atoms with Crippen LogP contribution >= 0.6 is 0 Å². The minimum absolute atomic E-state index is 0.0204. The van der Waals surface area contributed by atoms with Gasteiger partial charge in [-0.1, -0.05) is 12.1 Å². The standard InChI is InChI=1S/C32H42O16/c1-41-19-7-13(3-5-17(19)45-31-27(39)25(37)23(35)21(9-33)47-31)29-15-11-44-30(16(15)12-43-29)14-4-6-18(20(8-14)42-2)46-32-28(40)26(38)24(36)22(10-34)48-32/h3-8,15-16,21-40H,9-12H2,1-2H3/t15-,16-,21?,22?,23?,24?,25?,26?,27?,28?,29+,30+,31?,32?/m1/s1. The smallest absolute Gasteiger partial charge is 0.229 e. The number of benzene rings is 2. The lowest BCUT2D eigenvalue weighted by Gasteiger charge is -2.39. The first-order valence-corrected chi connectivity index (χ1v) is 15.6. The van der Waals surface area contributed by atoms with E-state index in [1.165, 1.54) is 14.2 Å². The lowest BCUT2D eigenvalue weighted by molar-refractivity contribution is -0.277. The number of rotatable bonds is 10. The molecule has 2 aromatic rings. The lowest BCUT2D eigenvalue weighted by Crippen LogP contribution is -2.60. The van der Waals surface area contributed by atoms with Gasteiger partial charge >= 0.3 is 0 Å². The fourth-order valence-electron chi connectivity index (χ4n) is 6.73. The van der Waals surface area contributed by atoms with E-state index >= 15 is 0 Å². The summed E-state index contributed by atoms with van der Waals surface area (Å²) < 4.78 is 46.1. The second-order valence-electron chi connectivity index (χ2n) is 12.3. The predicted octanol–water partition coefficient (Wildman–Crippen LogP) is -1.86. The Kier molecular flexibility index (Phi) is 10.6. The highest BCUT2D eigenvalue weighted by Gasteiger charge is 2.49. The van der Waals surface area contributed by atoms with Crippen molar-refractivity contribution in [2.24, 2.45) is 11.8 Å². The Labute approximate surface area is 275 Å². The van der Waals surface area contributed by atoms with Gasteiger partial charge in [0.25, 0.3) is 0 Å². The predicted molar refractivity (Wildman–Crippen MR) is 159 cm³/mol. The molecule has 0 spiro atoms. The maximum atomic E-state index is 10.4. The monoisotopic (exact) mass is 682 g/mol. The van der Waals surface area contributed by atoms with Gasteiger partial charge in [0, 0.05) is 11.8 Å². The van der Waals surface area contributed by atoms with E-state index in [1.54, 1.807) is 36.4 Å². The van der Waals surface area contributed by atoms with Gasteiger partial charge in [-0.3, -0.25) is 0 Å². The normalized spacial score (nSPS) is 39.5. The number of hydrogen-bond acceptors (Lipinski definition) is 16. The zero-order valence-corrected chi connectivity index (χ0v) is 26.2. The molecule has 0 saturated carbocycles. The van der Waals surface area contributed by atoms with Crippen LogP contribution in [0.4, 0.5) is 0 Å². The fourth-order valence-corrected chi connectivity index (χ4v) is 6.73. The summed E-state index contributed by atoms with van der Waals surface area (Å²) in [5.41, 5.74) is 1.59. The summed E-state index contributed by atoms with van der Waals surface area (Å²) in [7, 11) is 2.90. The molecule has 0 aliphatic carbocycles. The van der Waals surface area contributed by atoms with Crippen LogP contribution in [0.1, 0.15) is 23.3 Å². The molecular formula is C32H42O16. The first kappa shape index (κ1) is 35.0. The van der Waals surface area contributed by atoms with Gasteiger partial charge in [0.05, 0.1) is 52.9 Å². The first-order chi connectivity index (χ1) is 23.1. The third kappa shape index (κ3) is 6.44. The Morgan fingerprint density at radius 1 is 0.562 bits per heavy atom. The third-order valence-corrected chi connectivity index (χ3v) is 9.48. The SMILES string of the molecule is COc1cc([C@@H]2OC[C@@H]3[C@H]2CO[C@H]3c2ccc(OC3OC(CO)C(O)C(O)C3O)c(OC)c2)ccc1OC1OC(CO)C(O)C(O)C1O. The second kappa shape index (κ2) is 14.6. The van der Waals surface area contributed by atoms with Crippen LogP contribution in [-0.2, 0) is 18.9 Å². The Bertz CT molecular complexity index is 1290. The van der Waals surface area contributed by atoms with Gasteiger partial charge in [-0.25, -0.2) is 0 Å². The maximum absolute atomic E-state index is 10.4. The van der Waals surface area contributed by atoms with Crippen molar-refractivity contribution < 1.29 is 78.7 Å². The van der Waals surface area contributed by atoms with Crippen LogP contribution in [0.15, 0.2) is 36.4 Å². The van der Waals surface area contributed by atoms with E-state index in [0.717, 1.165) is 11.1 Å². The third-order valence-electron chi connectivity index (χ3n) is 9.48. The molecule has 2 aromatic carbocycles. The number of aliphatic hydroxyl groups excluding tert-OH is 8. The van der Waals surface area contributed by atoms with E-state index in [4.69, 9.17) is 37.9 Å². The van der Waals surface area contributed by atoms with Crippen LogP contribution in [0.5, 0.6) is 23.0 Å². The Morgan fingerprint density at radius 2 is 0.958 bits per heavy atom. The largest absolute Gasteiger partial charge is 0.493 e. The van der Waals surface area contributed by atoms with Gasteiger partial charge in [-0.05, 0) is 35.4 Å². The summed E-state index contributed by atoms with van der Waals surface area (Å²) in [5, 5.41) is 80.1. The summed E-state index contributed by atoms with van der Waals surface area (Å²) in [6, 6.07) is 10.3. The Hall–Kier alpha value is -2.84. The van der Waals surface area contributed by atoms with Gasteiger partial charge in [0.15, 0.2) is 23.0 Å². The number of aliphatic hydroxyl groups is 8. The molecule has 4 aliphatic rings. The van der Waals surface area contributed by atoms with E-state index in [-0.39, 0.29) is 35.5 Å². The zero-order chi connectivity index (χ0) is 34.3. The minimum Gasteiger partial charge on any atom is -0.493 e. The van der Waals surface area contributed by atoms with Crippen LogP contribution < -0.4 is 18.9 Å². The van der Waals surface area contributed by atoms with Gasteiger partial charge in [0.2, 0.25) is 12.6 Å². The van der Waals surface area contributed by atoms with Gasteiger partial charge < -0.3 is 78.7 Å². The molecule has 16 nitrogen and oxygen atoms in total. The van der Waals surface area contributed by atoms with Crippen molar-refractivity contribution in [1.82, 2.24) is 0 Å². The molecule has 16 heteroatoms. The summed E-state index contributed by atoms with van der Waals surface area (Å²) in [4.78, 5) is 0. The quantitative estimate of drug-likeness (QED) is 0.137. The lowest BCUT2D eigenvalue weighted by atomic mass is 9.85. The van der Waals surface area contributed by atoms with Crippen molar-refractivity contribution >= 4 is 0 Å². The number of hydrogen-bond donors (Lipinski definition) is 8. The molecule has 4 fully saturated rings. The molecule has 8 N–H and O–H groups in total. The van der Waals surface area contributed by atoms with Crippen molar-refractivity contribution in [3.63, 3.8) is 0 Å². The van der Waals surface area contributed by atoms with Gasteiger partial charge in [-0.2, -0.15) is 0 Å². The molecule has 0 radical (unpaired) electrons. The van der Waals surface area contributed by atoms with E-state index in [1.807, 2.05) is 0 Å². The van der Waals surface area contributed by atoms with Crippen molar-refractivity contribution in [1.29, 1.82) is 0 Å². The topological polar surface area (TPSA) is 236 Å². The van der Waals surface area contributed by atoms with Crippen LogP contribution in [0.2, 0.25) is 0 Å². The molecule has 0 amide bonds. The van der Waals surface area contributed by atoms with Crippen molar-refractivity contribution in [3.8, 4) is 23.0 Å². The minimum atomic E-state index is -1.59. The van der Waals surface area contributed by atoms with Crippen LogP contribution in [0.25, 0.3) is 0 Å². The average molecular weight is 683 g/mol. The Morgan fingerprint density at radius 3 is 1.31 bits per heavy atom. The summed E-state index contributed by atoms with van der Waals surface area (Å²) in [6.07, 6.45) is -15.0. The van der Waals surface area contributed by atoms with Crippen molar-refractivity contribution in [3.05, 3.63) is 47.5 Å². The molecule has 6 rings (SSSR count). The summed E-state index contributed by atoms with van der Waals surface area (Å²) >= 11 is 0. The highest BCUT2D eigenvalue weighted by atomic mass is 16.7. The van der Waals surface area contributed by atoms with E-state index in [0.29, 0.717) is 24.7 Å². The van der Waals surface area contributed by atoms with Gasteiger partial charge in [0.1, 0.15) is 48.8 Å². The molecule has 4 heterocycles. The number of ether oxygens (including phenoxy) is 8. The summed E-state index contributed by atoms with van der Waals surface area (Å²) in [5.74, 6) is 0.997. The zero-order valence-electron chi connectivity index (χ0n) is 26.2. The highest BCUT2D eigenvalue weighted by molar-refractivity contribution is 5.46. The molecular weight excluding hydrogens is 640 g/mol. The maximum Gasteiger partial charge on any atom is 0.229 e. The first-order valence-electron chi connectivity index (χ1n) is 15.6. The van der Waals surface area contributed by atoms with E-state index in [2.05, 4.69) is 0 Å². The molecule has 266 valence electrons. The molecule has 10 unspecified atom stereocenters. The van der Waals surface area contributed by atoms with E-state index in [9.17, 15) is 40.9 Å². The number of methoxy groups -OCH3 is 2. The molecule has 14 atom stereocenters. The van der Waals surface area contributed by atoms with Gasteiger partial charge in [-0.15, -0.1) is 0 Å². The molecule has 4 saturated heterocycles. The molecule has 0 aromatic heterocycles. The van der Waals surface area contributed by atoms with E-state index < -0.39 is 74.6 Å². The average Bonchev–Trinajstić information content (AvgIpc) is 3.72. The molecule has 0 bridgehead atoms. The fraction of sp³-hybridized carbons (Fsp3) is 0.625. The van der Waals surface area contributed by atoms with Crippen LogP contribution in [-0.4, -0.2) is 143 Å². The van der Waals surface area contributed by atoms with Crippen molar-refractivity contribution in [2.75, 3.05) is 40.6 Å². The molecule has 48 heavy (non-hydrogen) atoms. The van der Waals surface area contributed by atoms with Crippen LogP contribution in [0.3, 0.4) is 0 Å².